The number of carbonyl (C=O) groups excluding carboxylic acids is 1. The first kappa shape index (κ1) is 25.9. The SMILES string of the molecule is C=CC(=O)N1CCN(c2ccc3ncnc(Nc4ccc(Oc5ccc(NC)cc5)c(C)c4F)c3n2)CC1C. The van der Waals surface area contributed by atoms with Crippen molar-refractivity contribution in [3.05, 3.63) is 78.9 Å². The van der Waals surface area contributed by atoms with Crippen LogP contribution in [0.4, 0.5) is 27.4 Å². The molecular formula is C29H30FN7O2. The molecule has 1 saturated heterocycles. The van der Waals surface area contributed by atoms with Gasteiger partial charge >= 0.3 is 0 Å². The van der Waals surface area contributed by atoms with Crippen LogP contribution < -0.4 is 20.3 Å². The maximum absolute atomic E-state index is 15.4. The number of amides is 1. The molecule has 10 heteroatoms. The molecule has 1 amide bonds. The van der Waals surface area contributed by atoms with Crippen molar-refractivity contribution in [2.75, 3.05) is 42.2 Å². The minimum Gasteiger partial charge on any atom is -0.457 e. The Hall–Kier alpha value is -4.73. The molecule has 2 aromatic carbocycles. The van der Waals surface area contributed by atoms with Crippen LogP contribution in [0.1, 0.15) is 12.5 Å². The Morgan fingerprint density at radius 3 is 2.64 bits per heavy atom. The van der Waals surface area contributed by atoms with Crippen LogP contribution in [0.15, 0.2) is 67.5 Å². The third kappa shape index (κ3) is 5.31. The standard InChI is InChI=1S/C29H30FN7O2/c1-5-26(38)37-15-14-36(16-18(37)2)25-13-11-23-28(35-25)29(33-17-32-23)34-22-10-12-24(19(3)27(22)30)39-21-8-6-20(31-4)7-9-21/h5-13,17-18,31H,1,14-16H2,2-4H3,(H,32,33,34). The van der Waals surface area contributed by atoms with Crippen molar-refractivity contribution < 1.29 is 13.9 Å². The number of nitrogens with one attached hydrogen (secondary N) is 2. The predicted octanol–water partition coefficient (Wildman–Crippen LogP) is 5.27. The highest BCUT2D eigenvalue weighted by Crippen LogP contribution is 2.33. The van der Waals surface area contributed by atoms with Crippen molar-refractivity contribution in [1.82, 2.24) is 19.9 Å². The molecule has 39 heavy (non-hydrogen) atoms. The first-order chi connectivity index (χ1) is 18.9. The van der Waals surface area contributed by atoms with Crippen LogP contribution in [0, 0.1) is 12.7 Å². The van der Waals surface area contributed by atoms with Crippen molar-refractivity contribution in [2.24, 2.45) is 0 Å². The number of ether oxygens (including phenoxy) is 1. The Morgan fingerprint density at radius 2 is 1.92 bits per heavy atom. The lowest BCUT2D eigenvalue weighted by Gasteiger charge is -2.40. The number of nitrogens with zero attached hydrogens (tertiary/aromatic N) is 5. The number of hydrogen-bond donors (Lipinski definition) is 2. The summed E-state index contributed by atoms with van der Waals surface area (Å²) in [6.07, 6.45) is 2.77. The lowest BCUT2D eigenvalue weighted by Crippen LogP contribution is -2.53. The van der Waals surface area contributed by atoms with Crippen molar-refractivity contribution >= 4 is 40.0 Å². The number of aromatic nitrogens is 3. The average Bonchev–Trinajstić information content (AvgIpc) is 2.96. The van der Waals surface area contributed by atoms with Gasteiger partial charge in [-0.2, -0.15) is 0 Å². The Kier molecular flexibility index (Phi) is 7.27. The van der Waals surface area contributed by atoms with Crippen molar-refractivity contribution in [3.63, 3.8) is 0 Å². The number of piperazine rings is 1. The van der Waals surface area contributed by atoms with Gasteiger partial charge in [-0.1, -0.05) is 6.58 Å². The normalized spacial score (nSPS) is 15.2. The van der Waals surface area contributed by atoms with Gasteiger partial charge in [-0.25, -0.2) is 19.3 Å². The third-order valence-electron chi connectivity index (χ3n) is 6.84. The predicted molar refractivity (Wildman–Crippen MR) is 151 cm³/mol. The van der Waals surface area contributed by atoms with Crippen molar-refractivity contribution in [1.29, 1.82) is 0 Å². The molecule has 9 nitrogen and oxygen atoms in total. The van der Waals surface area contributed by atoms with E-state index in [1.165, 1.54) is 12.4 Å². The molecule has 2 aromatic heterocycles. The first-order valence-electron chi connectivity index (χ1n) is 12.7. The molecule has 0 radical (unpaired) electrons. The van der Waals surface area contributed by atoms with Crippen molar-refractivity contribution in [2.45, 2.75) is 19.9 Å². The smallest absolute Gasteiger partial charge is 0.246 e. The summed E-state index contributed by atoms with van der Waals surface area (Å²) in [5, 5.41) is 6.15. The molecule has 1 aliphatic rings. The maximum Gasteiger partial charge on any atom is 0.246 e. The van der Waals surface area contributed by atoms with Gasteiger partial charge in [0, 0.05) is 44.0 Å². The second kappa shape index (κ2) is 10.9. The fraction of sp³-hybridized carbons (Fsp3) is 0.241. The number of anilines is 4. The quantitative estimate of drug-likeness (QED) is 0.314. The molecule has 0 bridgehead atoms. The van der Waals surface area contributed by atoms with Crippen LogP contribution in [0.3, 0.4) is 0 Å². The number of pyridine rings is 1. The number of carbonyl (C=O) groups is 1. The molecular weight excluding hydrogens is 497 g/mol. The van der Waals surface area contributed by atoms with Crippen LogP contribution in [-0.2, 0) is 4.79 Å². The van der Waals surface area contributed by atoms with Gasteiger partial charge in [0.2, 0.25) is 5.91 Å². The zero-order valence-electron chi connectivity index (χ0n) is 22.1. The van der Waals surface area contributed by atoms with E-state index in [-0.39, 0.29) is 17.6 Å². The van der Waals surface area contributed by atoms with Gasteiger partial charge in [0.15, 0.2) is 11.6 Å². The zero-order valence-corrected chi connectivity index (χ0v) is 22.1. The van der Waals surface area contributed by atoms with Gasteiger partial charge in [0.1, 0.15) is 29.2 Å². The van der Waals surface area contributed by atoms with Crippen LogP contribution >= 0.6 is 0 Å². The minimum atomic E-state index is -0.445. The summed E-state index contributed by atoms with van der Waals surface area (Å²) < 4.78 is 21.4. The lowest BCUT2D eigenvalue weighted by molar-refractivity contribution is -0.128. The summed E-state index contributed by atoms with van der Waals surface area (Å²) in [7, 11) is 1.84. The van der Waals surface area contributed by atoms with Gasteiger partial charge in [0.05, 0.1) is 11.2 Å². The monoisotopic (exact) mass is 527 g/mol. The molecule has 4 aromatic rings. The van der Waals surface area contributed by atoms with Gasteiger partial charge in [-0.3, -0.25) is 4.79 Å². The van der Waals surface area contributed by atoms with Gasteiger partial charge < -0.3 is 25.2 Å². The van der Waals surface area contributed by atoms with Crippen LogP contribution in [0.2, 0.25) is 0 Å². The Balaban J connectivity index is 1.38. The van der Waals surface area contributed by atoms with E-state index in [1.54, 1.807) is 24.0 Å². The van der Waals surface area contributed by atoms with Crippen molar-refractivity contribution in [3.8, 4) is 11.5 Å². The Bertz CT molecular complexity index is 1530. The second-order valence-electron chi connectivity index (χ2n) is 9.34. The van der Waals surface area contributed by atoms with Crippen LogP contribution in [0.5, 0.6) is 11.5 Å². The molecule has 5 rings (SSSR count). The summed E-state index contributed by atoms with van der Waals surface area (Å²) >= 11 is 0. The number of hydrogen-bond acceptors (Lipinski definition) is 8. The Labute approximate surface area is 226 Å². The Morgan fingerprint density at radius 1 is 1.13 bits per heavy atom. The highest BCUT2D eigenvalue weighted by Gasteiger charge is 2.27. The van der Waals surface area contributed by atoms with E-state index in [2.05, 4.69) is 32.1 Å². The van der Waals surface area contributed by atoms with E-state index in [0.717, 1.165) is 11.5 Å². The molecule has 0 aliphatic carbocycles. The summed E-state index contributed by atoms with van der Waals surface area (Å²) in [5.41, 5.74) is 2.73. The zero-order chi connectivity index (χ0) is 27.5. The molecule has 0 saturated carbocycles. The average molecular weight is 528 g/mol. The fourth-order valence-electron chi connectivity index (χ4n) is 4.63. The number of fused-ring (bicyclic) bond motifs is 1. The van der Waals surface area contributed by atoms with Gasteiger partial charge in [0.25, 0.3) is 0 Å². The number of rotatable bonds is 7. The molecule has 1 fully saturated rings. The largest absolute Gasteiger partial charge is 0.457 e. The van der Waals surface area contributed by atoms with Gasteiger partial charge in [-0.15, -0.1) is 0 Å². The summed E-state index contributed by atoms with van der Waals surface area (Å²) in [4.78, 5) is 29.5. The second-order valence-corrected chi connectivity index (χ2v) is 9.34. The topological polar surface area (TPSA) is 95.5 Å². The summed E-state index contributed by atoms with van der Waals surface area (Å²) in [6.45, 7) is 9.09. The van der Waals surface area contributed by atoms with Crippen LogP contribution in [-0.4, -0.2) is 58.5 Å². The molecule has 1 aliphatic heterocycles. The fourth-order valence-corrected chi connectivity index (χ4v) is 4.63. The van der Waals surface area contributed by atoms with Gasteiger partial charge in [-0.05, 0) is 68.5 Å². The van der Waals surface area contributed by atoms with E-state index < -0.39 is 5.82 Å². The van der Waals surface area contributed by atoms with E-state index in [9.17, 15) is 4.79 Å². The minimum absolute atomic E-state index is 0.00502. The highest BCUT2D eigenvalue weighted by atomic mass is 19.1. The molecule has 3 heterocycles. The lowest BCUT2D eigenvalue weighted by atomic mass is 10.1. The first-order valence-corrected chi connectivity index (χ1v) is 12.7. The van der Waals surface area contributed by atoms with E-state index in [4.69, 9.17) is 9.72 Å². The van der Waals surface area contributed by atoms with E-state index in [1.807, 2.05) is 50.4 Å². The molecule has 200 valence electrons. The van der Waals surface area contributed by atoms with Crippen LogP contribution in [0.25, 0.3) is 11.0 Å². The highest BCUT2D eigenvalue weighted by molar-refractivity contribution is 5.89. The number of halogens is 1. The third-order valence-corrected chi connectivity index (χ3v) is 6.84. The molecule has 0 spiro atoms. The molecule has 2 N–H and O–H groups in total. The number of benzene rings is 2. The molecule has 1 atom stereocenters. The summed E-state index contributed by atoms with van der Waals surface area (Å²) in [6, 6.07) is 14.5. The van der Waals surface area contributed by atoms with E-state index in [0.29, 0.717) is 53.5 Å². The van der Waals surface area contributed by atoms with E-state index >= 15 is 4.39 Å². The summed E-state index contributed by atoms with van der Waals surface area (Å²) in [5.74, 6) is 1.65. The maximum atomic E-state index is 15.4. The molecule has 1 unspecified atom stereocenters.